The minimum Gasteiger partial charge on any atom is -0.324 e. The molecule has 94 valence electrons. The molecule has 1 unspecified atom stereocenters. The molecule has 1 atom stereocenters. The standard InChI is InChI=1S/C14H14BrFN2/c1-9-4-11(2-3-13(9)16)14(17)6-10-5-12(15)8-18-7-10/h2-5,7-8,14H,6,17H2,1H3. The summed E-state index contributed by atoms with van der Waals surface area (Å²) in [7, 11) is 0. The number of pyridine rings is 1. The van der Waals surface area contributed by atoms with E-state index in [1.165, 1.54) is 6.07 Å². The van der Waals surface area contributed by atoms with Gasteiger partial charge in [0.25, 0.3) is 0 Å². The lowest BCUT2D eigenvalue weighted by atomic mass is 9.99. The molecular formula is C14H14BrFN2. The van der Waals surface area contributed by atoms with Crippen molar-refractivity contribution < 1.29 is 4.39 Å². The number of nitrogens with zero attached hydrogens (tertiary/aromatic N) is 1. The molecule has 0 saturated heterocycles. The summed E-state index contributed by atoms with van der Waals surface area (Å²) in [4.78, 5) is 4.10. The summed E-state index contributed by atoms with van der Waals surface area (Å²) in [5.74, 6) is -0.199. The highest BCUT2D eigenvalue weighted by Crippen LogP contribution is 2.20. The maximum atomic E-state index is 13.2. The van der Waals surface area contributed by atoms with Crippen LogP contribution in [0.5, 0.6) is 0 Å². The van der Waals surface area contributed by atoms with E-state index < -0.39 is 0 Å². The van der Waals surface area contributed by atoms with Gasteiger partial charge in [0.15, 0.2) is 0 Å². The SMILES string of the molecule is Cc1cc(C(N)Cc2cncc(Br)c2)ccc1F. The van der Waals surface area contributed by atoms with Gasteiger partial charge < -0.3 is 5.73 Å². The molecule has 2 rings (SSSR count). The number of hydrogen-bond donors (Lipinski definition) is 1. The lowest BCUT2D eigenvalue weighted by Gasteiger charge is -2.13. The average molecular weight is 309 g/mol. The predicted octanol–water partition coefficient (Wildman–Crippen LogP) is 3.53. The molecule has 0 saturated carbocycles. The van der Waals surface area contributed by atoms with Crippen molar-refractivity contribution in [2.45, 2.75) is 19.4 Å². The first kappa shape index (κ1) is 13.2. The minimum atomic E-state index is -0.199. The van der Waals surface area contributed by atoms with Gasteiger partial charge in [-0.05, 0) is 58.1 Å². The first-order chi connectivity index (χ1) is 8.56. The molecule has 0 aliphatic carbocycles. The highest BCUT2D eigenvalue weighted by molar-refractivity contribution is 9.10. The Hall–Kier alpha value is -1.26. The van der Waals surface area contributed by atoms with Crippen LogP contribution in [-0.4, -0.2) is 4.98 Å². The van der Waals surface area contributed by atoms with Crippen LogP contribution in [0.3, 0.4) is 0 Å². The fraction of sp³-hybridized carbons (Fsp3) is 0.214. The largest absolute Gasteiger partial charge is 0.324 e. The second kappa shape index (κ2) is 5.59. The predicted molar refractivity (Wildman–Crippen MR) is 73.7 cm³/mol. The topological polar surface area (TPSA) is 38.9 Å². The van der Waals surface area contributed by atoms with E-state index in [-0.39, 0.29) is 11.9 Å². The van der Waals surface area contributed by atoms with E-state index >= 15 is 0 Å². The number of rotatable bonds is 3. The Bertz CT molecular complexity index is 557. The van der Waals surface area contributed by atoms with Crippen molar-refractivity contribution in [1.29, 1.82) is 0 Å². The number of aromatic nitrogens is 1. The molecule has 0 amide bonds. The first-order valence-corrected chi connectivity index (χ1v) is 6.46. The molecule has 2 nitrogen and oxygen atoms in total. The zero-order valence-corrected chi connectivity index (χ0v) is 11.6. The molecule has 4 heteroatoms. The van der Waals surface area contributed by atoms with Crippen LogP contribution < -0.4 is 5.73 Å². The summed E-state index contributed by atoms with van der Waals surface area (Å²) in [5, 5.41) is 0. The van der Waals surface area contributed by atoms with Gasteiger partial charge in [-0.1, -0.05) is 12.1 Å². The second-order valence-electron chi connectivity index (χ2n) is 4.33. The second-order valence-corrected chi connectivity index (χ2v) is 5.25. The fourth-order valence-electron chi connectivity index (χ4n) is 1.84. The van der Waals surface area contributed by atoms with Crippen LogP contribution in [-0.2, 0) is 6.42 Å². The van der Waals surface area contributed by atoms with Crippen molar-refractivity contribution in [2.75, 3.05) is 0 Å². The molecule has 1 heterocycles. The number of nitrogens with two attached hydrogens (primary N) is 1. The van der Waals surface area contributed by atoms with Gasteiger partial charge in [0, 0.05) is 22.9 Å². The smallest absolute Gasteiger partial charge is 0.126 e. The van der Waals surface area contributed by atoms with E-state index in [0.717, 1.165) is 15.6 Å². The van der Waals surface area contributed by atoms with Crippen LogP contribution in [0.25, 0.3) is 0 Å². The maximum Gasteiger partial charge on any atom is 0.126 e. The molecule has 18 heavy (non-hydrogen) atoms. The molecule has 2 N–H and O–H groups in total. The summed E-state index contributed by atoms with van der Waals surface area (Å²) < 4.78 is 14.1. The average Bonchev–Trinajstić information content (AvgIpc) is 2.32. The number of halogens is 2. The van der Waals surface area contributed by atoms with Crippen molar-refractivity contribution in [3.8, 4) is 0 Å². The van der Waals surface area contributed by atoms with Crippen LogP contribution in [0.4, 0.5) is 4.39 Å². The summed E-state index contributed by atoms with van der Waals surface area (Å²) in [6.07, 6.45) is 4.20. The minimum absolute atomic E-state index is 0.152. The van der Waals surface area contributed by atoms with Crippen LogP contribution in [0.15, 0.2) is 41.1 Å². The summed E-state index contributed by atoms with van der Waals surface area (Å²) >= 11 is 3.38. The molecule has 0 spiro atoms. The Morgan fingerprint density at radius 3 is 2.78 bits per heavy atom. The number of aryl methyl sites for hydroxylation is 1. The lowest BCUT2D eigenvalue weighted by molar-refractivity contribution is 0.615. The van der Waals surface area contributed by atoms with Crippen LogP contribution >= 0.6 is 15.9 Å². The molecule has 0 aliphatic rings. The van der Waals surface area contributed by atoms with Crippen molar-refractivity contribution in [3.05, 3.63) is 63.6 Å². The molecule has 0 fully saturated rings. The molecule has 1 aromatic heterocycles. The van der Waals surface area contributed by atoms with Crippen LogP contribution in [0.1, 0.15) is 22.7 Å². The summed E-state index contributed by atoms with van der Waals surface area (Å²) in [6, 6.07) is 6.83. The molecule has 0 radical (unpaired) electrons. The quantitative estimate of drug-likeness (QED) is 0.942. The van der Waals surface area contributed by atoms with Crippen LogP contribution in [0.2, 0.25) is 0 Å². The third kappa shape index (κ3) is 3.15. The zero-order valence-electron chi connectivity index (χ0n) is 10.0. The monoisotopic (exact) mass is 308 g/mol. The van der Waals surface area contributed by atoms with E-state index in [4.69, 9.17) is 5.73 Å². The van der Waals surface area contributed by atoms with Crippen molar-refractivity contribution in [3.63, 3.8) is 0 Å². The number of benzene rings is 1. The van der Waals surface area contributed by atoms with E-state index in [9.17, 15) is 4.39 Å². The van der Waals surface area contributed by atoms with Gasteiger partial charge >= 0.3 is 0 Å². The normalized spacial score (nSPS) is 12.4. The van der Waals surface area contributed by atoms with E-state index in [1.807, 2.05) is 6.07 Å². The maximum absolute atomic E-state index is 13.2. The third-order valence-electron chi connectivity index (χ3n) is 2.83. The van der Waals surface area contributed by atoms with Crippen molar-refractivity contribution >= 4 is 15.9 Å². The van der Waals surface area contributed by atoms with Gasteiger partial charge in [0.2, 0.25) is 0 Å². The Labute approximate surface area is 114 Å². The third-order valence-corrected chi connectivity index (χ3v) is 3.26. The zero-order chi connectivity index (χ0) is 13.1. The Morgan fingerprint density at radius 2 is 2.11 bits per heavy atom. The Balaban J connectivity index is 2.16. The van der Waals surface area contributed by atoms with Gasteiger partial charge in [-0.2, -0.15) is 0 Å². The van der Waals surface area contributed by atoms with Crippen molar-refractivity contribution in [1.82, 2.24) is 4.98 Å². The van der Waals surface area contributed by atoms with Gasteiger partial charge in [0.05, 0.1) is 0 Å². The first-order valence-electron chi connectivity index (χ1n) is 5.67. The summed E-state index contributed by atoms with van der Waals surface area (Å²) in [6.45, 7) is 1.74. The van der Waals surface area contributed by atoms with Gasteiger partial charge in [-0.25, -0.2) is 4.39 Å². The van der Waals surface area contributed by atoms with Gasteiger partial charge in [-0.3, -0.25) is 4.98 Å². The lowest BCUT2D eigenvalue weighted by Crippen LogP contribution is -2.13. The van der Waals surface area contributed by atoms with E-state index in [2.05, 4.69) is 20.9 Å². The Kier molecular flexibility index (Phi) is 4.09. The van der Waals surface area contributed by atoms with Gasteiger partial charge in [0.1, 0.15) is 5.82 Å². The van der Waals surface area contributed by atoms with E-state index in [0.29, 0.717) is 12.0 Å². The van der Waals surface area contributed by atoms with Crippen molar-refractivity contribution in [2.24, 2.45) is 5.73 Å². The highest BCUT2D eigenvalue weighted by atomic mass is 79.9. The highest BCUT2D eigenvalue weighted by Gasteiger charge is 2.09. The molecule has 0 bridgehead atoms. The molecule has 0 aliphatic heterocycles. The molecule has 2 aromatic rings. The fourth-order valence-corrected chi connectivity index (χ4v) is 2.25. The molecule has 1 aromatic carbocycles. The number of hydrogen-bond acceptors (Lipinski definition) is 2. The summed E-state index contributed by atoms with van der Waals surface area (Å²) in [5.41, 5.74) is 8.74. The Morgan fingerprint density at radius 1 is 1.33 bits per heavy atom. The van der Waals surface area contributed by atoms with Gasteiger partial charge in [-0.15, -0.1) is 0 Å². The van der Waals surface area contributed by atoms with Crippen LogP contribution in [0, 0.1) is 12.7 Å². The molecular weight excluding hydrogens is 295 g/mol. The van der Waals surface area contributed by atoms with E-state index in [1.54, 1.807) is 31.5 Å².